The zero-order valence-corrected chi connectivity index (χ0v) is 17.0. The van der Waals surface area contributed by atoms with E-state index in [1.54, 1.807) is 36.4 Å². The molecule has 0 unspecified atom stereocenters. The topological polar surface area (TPSA) is 143 Å². The normalized spacial score (nSPS) is 10.3. The number of amides is 1. The molecule has 11 heteroatoms. The number of carbonyl (C=O) groups is 3. The molecule has 0 radical (unpaired) electrons. The molecular weight excluding hydrogens is 424 g/mol. The van der Waals surface area contributed by atoms with Gasteiger partial charge in [-0.2, -0.15) is 0 Å². The summed E-state index contributed by atoms with van der Waals surface area (Å²) in [5.74, 6) is -0.820. The van der Waals surface area contributed by atoms with E-state index < -0.39 is 17.0 Å². The van der Waals surface area contributed by atoms with Crippen LogP contribution >= 0.6 is 0 Å². The third-order valence-electron chi connectivity index (χ3n) is 3.89. The van der Waals surface area contributed by atoms with Crippen LogP contribution in [0.15, 0.2) is 48.5 Å². The first-order valence-electron chi connectivity index (χ1n) is 9.17. The van der Waals surface area contributed by atoms with Crippen molar-refractivity contribution in [2.75, 3.05) is 13.7 Å². The van der Waals surface area contributed by atoms with Crippen LogP contribution in [-0.2, 0) is 37.2 Å². The number of hydrogen-bond acceptors (Lipinski definition) is 9. The lowest BCUT2D eigenvalue weighted by molar-refractivity contribution is -0.763. The van der Waals surface area contributed by atoms with Crippen molar-refractivity contribution >= 4 is 24.4 Å². The number of nitrogens with one attached hydrogen (secondary N) is 1. The maximum absolute atomic E-state index is 12.0. The number of methoxy groups -OCH3 is 1. The standard InChI is InChI=1S/C21H20N2O9/c1-29-19-10-15(6-8-18(19)32-21(26)11-22-14-24)7-9-20(25)30-12-16-2-4-17(5-3-16)13-31-23(27)28/h2-10,14H,11-13H2,1H3,(H,22,24)/b9-7+. The Morgan fingerprint density at radius 1 is 1.06 bits per heavy atom. The van der Waals surface area contributed by atoms with E-state index in [1.165, 1.54) is 25.3 Å². The van der Waals surface area contributed by atoms with Gasteiger partial charge in [0.15, 0.2) is 11.5 Å². The highest BCUT2D eigenvalue weighted by Gasteiger charge is 2.10. The molecule has 0 heterocycles. The van der Waals surface area contributed by atoms with Crippen molar-refractivity contribution in [2.45, 2.75) is 13.2 Å². The largest absolute Gasteiger partial charge is 0.493 e. The summed E-state index contributed by atoms with van der Waals surface area (Å²) in [4.78, 5) is 48.3. The smallest absolute Gasteiger partial charge is 0.331 e. The van der Waals surface area contributed by atoms with Crippen LogP contribution in [0.1, 0.15) is 16.7 Å². The molecule has 2 aromatic rings. The number of nitrogens with zero attached hydrogens (tertiary/aromatic N) is 1. The average Bonchev–Trinajstić information content (AvgIpc) is 2.79. The summed E-state index contributed by atoms with van der Waals surface area (Å²) in [5.41, 5.74) is 1.91. The van der Waals surface area contributed by atoms with Crippen LogP contribution in [-0.4, -0.2) is 37.1 Å². The van der Waals surface area contributed by atoms with Gasteiger partial charge in [0.05, 0.1) is 7.11 Å². The highest BCUT2D eigenvalue weighted by atomic mass is 16.9. The fourth-order valence-corrected chi connectivity index (χ4v) is 2.38. The Morgan fingerprint density at radius 2 is 1.75 bits per heavy atom. The molecule has 32 heavy (non-hydrogen) atoms. The van der Waals surface area contributed by atoms with Crippen molar-refractivity contribution in [1.29, 1.82) is 0 Å². The van der Waals surface area contributed by atoms with Crippen LogP contribution in [0.3, 0.4) is 0 Å². The first-order chi connectivity index (χ1) is 15.4. The van der Waals surface area contributed by atoms with Crippen molar-refractivity contribution in [3.63, 3.8) is 0 Å². The van der Waals surface area contributed by atoms with Crippen LogP contribution in [0.25, 0.3) is 6.08 Å². The molecule has 0 aliphatic carbocycles. The van der Waals surface area contributed by atoms with Crippen LogP contribution in [0.5, 0.6) is 11.5 Å². The third kappa shape index (κ3) is 8.14. The van der Waals surface area contributed by atoms with E-state index in [-0.39, 0.29) is 31.3 Å². The number of hydrogen-bond donors (Lipinski definition) is 1. The lowest BCUT2D eigenvalue weighted by Gasteiger charge is -2.09. The molecule has 1 amide bonds. The van der Waals surface area contributed by atoms with Gasteiger partial charge >= 0.3 is 11.9 Å². The first-order valence-corrected chi connectivity index (χ1v) is 9.17. The van der Waals surface area contributed by atoms with Gasteiger partial charge in [-0.3, -0.25) is 4.79 Å². The van der Waals surface area contributed by atoms with E-state index in [9.17, 15) is 24.5 Å². The summed E-state index contributed by atoms with van der Waals surface area (Å²) in [6.45, 7) is -0.422. The van der Waals surface area contributed by atoms with Gasteiger partial charge in [-0.1, -0.05) is 30.3 Å². The second-order valence-electron chi connectivity index (χ2n) is 6.14. The second kappa shape index (κ2) is 12.3. The maximum Gasteiger partial charge on any atom is 0.331 e. The quantitative estimate of drug-likeness (QED) is 0.129. The Kier molecular flexibility index (Phi) is 9.19. The Bertz CT molecular complexity index is 987. The second-order valence-corrected chi connectivity index (χ2v) is 6.14. The maximum atomic E-state index is 12.0. The Labute approximate surface area is 182 Å². The highest BCUT2D eigenvalue weighted by molar-refractivity contribution is 5.87. The fraction of sp³-hybridized carbons (Fsp3) is 0.190. The minimum absolute atomic E-state index is 0.0204. The van der Waals surface area contributed by atoms with Crippen molar-refractivity contribution in [2.24, 2.45) is 0 Å². The van der Waals surface area contributed by atoms with Crippen LogP contribution in [0.4, 0.5) is 0 Å². The molecular formula is C21H20N2O9. The van der Waals surface area contributed by atoms with Gasteiger partial charge in [0.2, 0.25) is 6.41 Å². The lowest BCUT2D eigenvalue weighted by Crippen LogP contribution is -2.25. The fourth-order valence-electron chi connectivity index (χ4n) is 2.38. The Morgan fingerprint density at radius 3 is 2.38 bits per heavy atom. The summed E-state index contributed by atoms with van der Waals surface area (Å²) < 4.78 is 15.4. The molecule has 0 aliphatic rings. The molecule has 0 saturated heterocycles. The van der Waals surface area contributed by atoms with Gasteiger partial charge in [-0.25, -0.2) is 9.59 Å². The molecule has 11 nitrogen and oxygen atoms in total. The van der Waals surface area contributed by atoms with Crippen molar-refractivity contribution in [3.05, 3.63) is 75.3 Å². The predicted molar refractivity (Wildman–Crippen MR) is 110 cm³/mol. The van der Waals surface area contributed by atoms with Crippen LogP contribution in [0, 0.1) is 10.1 Å². The molecule has 0 atom stereocenters. The van der Waals surface area contributed by atoms with Gasteiger partial charge in [0.1, 0.15) is 19.8 Å². The molecule has 0 fully saturated rings. The van der Waals surface area contributed by atoms with E-state index in [0.717, 1.165) is 0 Å². The molecule has 168 valence electrons. The predicted octanol–water partition coefficient (Wildman–Crippen LogP) is 1.81. The summed E-state index contributed by atoms with van der Waals surface area (Å²) in [6, 6.07) is 11.3. The number of rotatable bonds is 12. The molecule has 0 saturated carbocycles. The van der Waals surface area contributed by atoms with Gasteiger partial charge in [-0.05, 0) is 34.9 Å². The number of carbonyl (C=O) groups excluding carboxylic acids is 3. The van der Waals surface area contributed by atoms with Gasteiger partial charge in [0.25, 0.3) is 5.09 Å². The van der Waals surface area contributed by atoms with Crippen molar-refractivity contribution in [3.8, 4) is 11.5 Å². The third-order valence-corrected chi connectivity index (χ3v) is 3.89. The molecule has 1 N–H and O–H groups in total. The Balaban J connectivity index is 1.89. The van der Waals surface area contributed by atoms with E-state index in [4.69, 9.17) is 14.2 Å². The molecule has 0 aliphatic heterocycles. The number of esters is 2. The molecule has 0 aromatic heterocycles. The monoisotopic (exact) mass is 444 g/mol. The summed E-state index contributed by atoms with van der Waals surface area (Å²) in [6.07, 6.45) is 3.12. The van der Waals surface area contributed by atoms with Gasteiger partial charge < -0.3 is 24.4 Å². The highest BCUT2D eigenvalue weighted by Crippen LogP contribution is 2.28. The van der Waals surface area contributed by atoms with Gasteiger partial charge in [-0.15, -0.1) is 10.1 Å². The van der Waals surface area contributed by atoms with Crippen molar-refractivity contribution in [1.82, 2.24) is 5.32 Å². The zero-order chi connectivity index (χ0) is 23.3. The minimum atomic E-state index is -0.870. The summed E-state index contributed by atoms with van der Waals surface area (Å²) in [7, 11) is 1.40. The summed E-state index contributed by atoms with van der Waals surface area (Å²) >= 11 is 0. The molecule has 0 spiro atoms. The minimum Gasteiger partial charge on any atom is -0.493 e. The SMILES string of the molecule is COc1cc(/C=C/C(=O)OCc2ccc(CO[N+](=O)[O-])cc2)ccc1OC(=O)CNC=O. The molecule has 0 bridgehead atoms. The number of ether oxygens (including phenoxy) is 3. The van der Waals surface area contributed by atoms with Crippen LogP contribution < -0.4 is 14.8 Å². The molecule has 2 aromatic carbocycles. The van der Waals surface area contributed by atoms with Crippen LogP contribution in [0.2, 0.25) is 0 Å². The van der Waals surface area contributed by atoms with E-state index >= 15 is 0 Å². The Hall–Kier alpha value is -4.41. The van der Waals surface area contributed by atoms with E-state index in [1.807, 2.05) is 0 Å². The van der Waals surface area contributed by atoms with E-state index in [2.05, 4.69) is 10.2 Å². The van der Waals surface area contributed by atoms with Gasteiger partial charge in [0, 0.05) is 6.08 Å². The summed E-state index contributed by atoms with van der Waals surface area (Å²) in [5, 5.41) is 11.5. The molecule has 2 rings (SSSR count). The average molecular weight is 444 g/mol. The number of benzene rings is 2. The first kappa shape index (κ1) is 23.9. The zero-order valence-electron chi connectivity index (χ0n) is 17.0. The van der Waals surface area contributed by atoms with E-state index in [0.29, 0.717) is 23.1 Å². The van der Waals surface area contributed by atoms with Crippen molar-refractivity contribution < 1.29 is 38.5 Å². The lowest BCUT2D eigenvalue weighted by atomic mass is 10.1.